The Kier molecular flexibility index (Phi) is 4.59. The smallest absolute Gasteiger partial charge is 0.0612 e. The molecule has 0 bridgehead atoms. The van der Waals surface area contributed by atoms with Gasteiger partial charge in [0.25, 0.3) is 0 Å². The Morgan fingerprint density at radius 2 is 2.06 bits per heavy atom. The predicted molar refractivity (Wildman–Crippen MR) is 77.2 cm³/mol. The maximum Gasteiger partial charge on any atom is 0.0612 e. The number of pyridine rings is 1. The van der Waals surface area contributed by atoms with Crippen LogP contribution in [0.25, 0.3) is 0 Å². The molecule has 3 nitrogen and oxygen atoms in total. The topological polar surface area (TPSA) is 28.2 Å². The van der Waals surface area contributed by atoms with E-state index in [4.69, 9.17) is 0 Å². The molecule has 0 saturated carbocycles. The van der Waals surface area contributed by atoms with Crippen LogP contribution in [0.5, 0.6) is 0 Å². The Morgan fingerprint density at radius 1 is 1.33 bits per heavy atom. The van der Waals surface area contributed by atoms with Crippen LogP contribution < -0.4 is 10.2 Å². The molecule has 2 rings (SSSR count). The third-order valence-corrected chi connectivity index (χ3v) is 3.80. The fourth-order valence-electron chi connectivity index (χ4n) is 2.82. The summed E-state index contributed by atoms with van der Waals surface area (Å²) >= 11 is 0. The molecular formula is C15H25N3. The fourth-order valence-corrected chi connectivity index (χ4v) is 2.82. The Bertz CT molecular complexity index is 361. The highest BCUT2D eigenvalue weighted by Crippen LogP contribution is 2.25. The van der Waals surface area contributed by atoms with Crippen LogP contribution in [0.2, 0.25) is 0 Å². The third kappa shape index (κ3) is 3.02. The second-order valence-corrected chi connectivity index (χ2v) is 5.28. The van der Waals surface area contributed by atoms with Crippen molar-refractivity contribution in [3.05, 3.63) is 23.5 Å². The number of nitrogens with one attached hydrogen (secondary N) is 1. The van der Waals surface area contributed by atoms with E-state index in [1.165, 1.54) is 30.5 Å². The van der Waals surface area contributed by atoms with Crippen molar-refractivity contribution in [2.75, 3.05) is 24.5 Å². The van der Waals surface area contributed by atoms with Gasteiger partial charge in [0.15, 0.2) is 0 Å². The molecule has 1 aromatic rings. The summed E-state index contributed by atoms with van der Waals surface area (Å²) in [5, 5.41) is 3.63. The molecule has 1 aromatic heterocycles. The Labute approximate surface area is 111 Å². The van der Waals surface area contributed by atoms with Crippen LogP contribution in [-0.2, 0) is 0 Å². The summed E-state index contributed by atoms with van der Waals surface area (Å²) in [6.07, 6.45) is 5.62. The molecule has 2 heterocycles. The van der Waals surface area contributed by atoms with Gasteiger partial charge in [0, 0.05) is 25.3 Å². The van der Waals surface area contributed by atoms with Crippen LogP contribution in [0, 0.1) is 13.8 Å². The van der Waals surface area contributed by atoms with Gasteiger partial charge in [-0.1, -0.05) is 6.92 Å². The van der Waals surface area contributed by atoms with Gasteiger partial charge in [-0.3, -0.25) is 4.98 Å². The van der Waals surface area contributed by atoms with Crippen LogP contribution >= 0.6 is 0 Å². The van der Waals surface area contributed by atoms with Gasteiger partial charge in [0.1, 0.15) is 0 Å². The Hall–Kier alpha value is -1.09. The zero-order valence-electron chi connectivity index (χ0n) is 11.9. The van der Waals surface area contributed by atoms with E-state index in [-0.39, 0.29) is 0 Å². The Morgan fingerprint density at radius 3 is 2.67 bits per heavy atom. The largest absolute Gasteiger partial charge is 0.370 e. The average molecular weight is 247 g/mol. The van der Waals surface area contributed by atoms with Gasteiger partial charge < -0.3 is 10.2 Å². The van der Waals surface area contributed by atoms with Crippen molar-refractivity contribution in [2.24, 2.45) is 0 Å². The second-order valence-electron chi connectivity index (χ2n) is 5.28. The molecule has 18 heavy (non-hydrogen) atoms. The number of aryl methyl sites for hydroxylation is 2. The van der Waals surface area contributed by atoms with Gasteiger partial charge >= 0.3 is 0 Å². The number of rotatable bonds is 4. The summed E-state index contributed by atoms with van der Waals surface area (Å²) in [7, 11) is 0. The number of aromatic nitrogens is 1. The molecule has 0 aliphatic carbocycles. The minimum Gasteiger partial charge on any atom is -0.370 e. The van der Waals surface area contributed by atoms with Crippen molar-refractivity contribution >= 4 is 5.69 Å². The first-order valence-electron chi connectivity index (χ1n) is 7.13. The molecule has 3 heteroatoms. The van der Waals surface area contributed by atoms with Crippen LogP contribution in [0.1, 0.15) is 37.4 Å². The summed E-state index contributed by atoms with van der Waals surface area (Å²) in [6, 6.07) is 2.82. The zero-order chi connectivity index (χ0) is 13.0. The number of nitrogens with zero attached hydrogens (tertiary/aromatic N) is 2. The predicted octanol–water partition coefficient (Wildman–Crippen LogP) is 2.67. The molecule has 0 unspecified atom stereocenters. The lowest BCUT2D eigenvalue weighted by Gasteiger charge is -2.35. The summed E-state index contributed by atoms with van der Waals surface area (Å²) in [4.78, 5) is 6.93. The average Bonchev–Trinajstić information content (AvgIpc) is 2.37. The van der Waals surface area contributed by atoms with Crippen molar-refractivity contribution in [1.29, 1.82) is 0 Å². The summed E-state index contributed by atoms with van der Waals surface area (Å²) in [5.41, 5.74) is 3.86. The van der Waals surface area contributed by atoms with Crippen LogP contribution in [0.4, 0.5) is 5.69 Å². The fraction of sp³-hybridized carbons (Fsp3) is 0.667. The quantitative estimate of drug-likeness (QED) is 0.886. The van der Waals surface area contributed by atoms with Crippen molar-refractivity contribution < 1.29 is 0 Å². The van der Waals surface area contributed by atoms with E-state index in [2.05, 4.69) is 42.0 Å². The molecule has 0 spiro atoms. The van der Waals surface area contributed by atoms with Gasteiger partial charge in [0.2, 0.25) is 0 Å². The van der Waals surface area contributed by atoms with Crippen molar-refractivity contribution in [2.45, 2.75) is 46.1 Å². The molecule has 1 N–H and O–H groups in total. The molecule has 0 amide bonds. The number of hydrogen-bond acceptors (Lipinski definition) is 3. The van der Waals surface area contributed by atoms with E-state index in [9.17, 15) is 0 Å². The van der Waals surface area contributed by atoms with Crippen LogP contribution in [0.15, 0.2) is 12.3 Å². The monoisotopic (exact) mass is 247 g/mol. The molecule has 0 radical (unpaired) electrons. The third-order valence-electron chi connectivity index (χ3n) is 3.80. The normalized spacial score (nSPS) is 17.2. The first kappa shape index (κ1) is 13.3. The Balaban J connectivity index is 1.97. The van der Waals surface area contributed by atoms with E-state index < -0.39 is 0 Å². The summed E-state index contributed by atoms with van der Waals surface area (Å²) < 4.78 is 0. The van der Waals surface area contributed by atoms with E-state index in [0.29, 0.717) is 6.04 Å². The van der Waals surface area contributed by atoms with E-state index in [1.54, 1.807) is 0 Å². The highest BCUT2D eigenvalue weighted by Gasteiger charge is 2.21. The van der Waals surface area contributed by atoms with Crippen molar-refractivity contribution in [3.8, 4) is 0 Å². The molecule has 1 fully saturated rings. The van der Waals surface area contributed by atoms with Crippen LogP contribution in [0.3, 0.4) is 0 Å². The lowest BCUT2D eigenvalue weighted by molar-refractivity contribution is 0.415. The van der Waals surface area contributed by atoms with Gasteiger partial charge in [-0.15, -0.1) is 0 Å². The van der Waals surface area contributed by atoms with E-state index in [1.807, 2.05) is 6.20 Å². The summed E-state index contributed by atoms with van der Waals surface area (Å²) in [6.45, 7) is 9.97. The standard InChI is InChI=1S/C15H25N3/c1-4-8-17-14-6-10-18(11-7-14)15-12(2)5-9-16-13(15)3/h5,9,14,17H,4,6-8,10-11H2,1-3H3. The van der Waals surface area contributed by atoms with E-state index in [0.717, 1.165) is 25.3 Å². The minimum atomic E-state index is 0.707. The van der Waals surface area contributed by atoms with Crippen molar-refractivity contribution in [1.82, 2.24) is 10.3 Å². The molecular weight excluding hydrogens is 222 g/mol. The van der Waals surface area contributed by atoms with Gasteiger partial charge in [-0.05, 0) is 51.3 Å². The molecule has 1 aliphatic heterocycles. The van der Waals surface area contributed by atoms with Crippen molar-refractivity contribution in [3.63, 3.8) is 0 Å². The first-order valence-corrected chi connectivity index (χ1v) is 7.13. The SMILES string of the molecule is CCCNC1CCN(c2c(C)ccnc2C)CC1. The van der Waals surface area contributed by atoms with Crippen LogP contribution in [-0.4, -0.2) is 30.7 Å². The van der Waals surface area contributed by atoms with Gasteiger partial charge in [-0.2, -0.15) is 0 Å². The highest BCUT2D eigenvalue weighted by atomic mass is 15.2. The van der Waals surface area contributed by atoms with Gasteiger partial charge in [-0.25, -0.2) is 0 Å². The second kappa shape index (κ2) is 6.19. The highest BCUT2D eigenvalue weighted by molar-refractivity contribution is 5.56. The number of piperidine rings is 1. The summed E-state index contributed by atoms with van der Waals surface area (Å²) in [5.74, 6) is 0. The zero-order valence-corrected chi connectivity index (χ0v) is 11.9. The first-order chi connectivity index (χ1) is 8.72. The number of anilines is 1. The maximum absolute atomic E-state index is 4.43. The molecule has 0 atom stereocenters. The van der Waals surface area contributed by atoms with E-state index >= 15 is 0 Å². The lowest BCUT2D eigenvalue weighted by atomic mass is 10.0. The minimum absolute atomic E-state index is 0.707. The molecule has 1 aliphatic rings. The van der Waals surface area contributed by atoms with Gasteiger partial charge in [0.05, 0.1) is 11.4 Å². The maximum atomic E-state index is 4.43. The molecule has 0 aromatic carbocycles. The molecule has 1 saturated heterocycles. The lowest BCUT2D eigenvalue weighted by Crippen LogP contribution is -2.43. The number of hydrogen-bond donors (Lipinski definition) is 1. The molecule has 100 valence electrons.